The van der Waals surface area contributed by atoms with Gasteiger partial charge in [-0.15, -0.1) is 0 Å². The molecule has 1 fully saturated rings. The van der Waals surface area contributed by atoms with Crippen LogP contribution in [0.5, 0.6) is 0 Å². The van der Waals surface area contributed by atoms with E-state index in [0.29, 0.717) is 12.1 Å². The van der Waals surface area contributed by atoms with Crippen molar-refractivity contribution in [2.75, 3.05) is 0 Å². The summed E-state index contributed by atoms with van der Waals surface area (Å²) in [5.74, 6) is 0.774. The average Bonchev–Trinajstić information content (AvgIpc) is 2.19. The van der Waals surface area contributed by atoms with Gasteiger partial charge >= 0.3 is 0 Å². The van der Waals surface area contributed by atoms with Crippen molar-refractivity contribution in [3.8, 4) is 0 Å². The van der Waals surface area contributed by atoms with Crippen LogP contribution in [0.25, 0.3) is 0 Å². The Morgan fingerprint density at radius 1 is 1.38 bits per heavy atom. The van der Waals surface area contributed by atoms with E-state index in [4.69, 9.17) is 0 Å². The molecule has 1 aromatic rings. The lowest BCUT2D eigenvalue weighted by Gasteiger charge is -2.35. The van der Waals surface area contributed by atoms with Crippen LogP contribution in [0.2, 0.25) is 0 Å². The number of benzene rings is 1. The molecule has 1 nitrogen and oxygen atoms in total. The fourth-order valence-electron chi connectivity index (χ4n) is 2.49. The molecule has 0 aliphatic heterocycles. The summed E-state index contributed by atoms with van der Waals surface area (Å²) < 4.78 is 13.4. The van der Waals surface area contributed by atoms with Gasteiger partial charge in [-0.2, -0.15) is 0 Å². The Labute approximate surface area is 97.1 Å². The van der Waals surface area contributed by atoms with Crippen LogP contribution in [0, 0.1) is 11.7 Å². The van der Waals surface area contributed by atoms with Crippen LogP contribution in [0.4, 0.5) is 4.39 Å². The molecule has 1 aliphatic rings. The predicted octanol–water partition coefficient (Wildman–Crippen LogP) is 3.14. The van der Waals surface area contributed by atoms with E-state index in [0.717, 1.165) is 17.9 Å². The minimum Gasteiger partial charge on any atom is -0.311 e. The smallest absolute Gasteiger partial charge is 0.126 e. The third kappa shape index (κ3) is 2.82. The standard InChI is InChI=1S/C14H20FN/c1-10-7-13(8-10)16-11(2)9-12-5-3-4-6-14(12)15/h3-6,10-11,13,16H,7-9H2,1-2H3. The first kappa shape index (κ1) is 11.6. The van der Waals surface area contributed by atoms with Crippen molar-refractivity contribution < 1.29 is 4.39 Å². The van der Waals surface area contributed by atoms with Crippen LogP contribution in [-0.2, 0) is 6.42 Å². The van der Waals surface area contributed by atoms with Gasteiger partial charge in [0.15, 0.2) is 0 Å². The molecule has 1 atom stereocenters. The highest BCUT2D eigenvalue weighted by Gasteiger charge is 2.26. The number of hydrogen-bond acceptors (Lipinski definition) is 1. The number of rotatable bonds is 4. The average molecular weight is 221 g/mol. The molecule has 0 amide bonds. The van der Waals surface area contributed by atoms with Gasteiger partial charge in [0.2, 0.25) is 0 Å². The molecule has 0 saturated heterocycles. The molecule has 0 spiro atoms. The molecule has 1 unspecified atom stereocenters. The topological polar surface area (TPSA) is 12.0 Å². The summed E-state index contributed by atoms with van der Waals surface area (Å²) in [6, 6.07) is 8.05. The number of halogens is 1. The largest absolute Gasteiger partial charge is 0.311 e. The fourth-order valence-corrected chi connectivity index (χ4v) is 2.49. The van der Waals surface area contributed by atoms with Crippen LogP contribution < -0.4 is 5.32 Å². The Morgan fingerprint density at radius 2 is 2.06 bits per heavy atom. The molecule has 1 N–H and O–H groups in total. The van der Waals surface area contributed by atoms with Crippen molar-refractivity contribution in [3.05, 3.63) is 35.6 Å². The Balaban J connectivity index is 1.83. The molecule has 2 rings (SSSR count). The van der Waals surface area contributed by atoms with Crippen LogP contribution in [0.3, 0.4) is 0 Å². The summed E-state index contributed by atoms with van der Waals surface area (Å²) in [5, 5.41) is 3.56. The Morgan fingerprint density at radius 3 is 2.69 bits per heavy atom. The lowest BCUT2D eigenvalue weighted by atomic mass is 9.81. The van der Waals surface area contributed by atoms with Gasteiger partial charge in [-0.25, -0.2) is 4.39 Å². The Bertz CT molecular complexity index is 344. The maximum Gasteiger partial charge on any atom is 0.126 e. The highest BCUT2D eigenvalue weighted by Crippen LogP contribution is 2.26. The van der Waals surface area contributed by atoms with E-state index < -0.39 is 0 Å². The summed E-state index contributed by atoms with van der Waals surface area (Å²) in [5.41, 5.74) is 0.815. The van der Waals surface area contributed by atoms with Crippen LogP contribution in [0.15, 0.2) is 24.3 Å². The van der Waals surface area contributed by atoms with Gasteiger partial charge < -0.3 is 5.32 Å². The zero-order valence-electron chi connectivity index (χ0n) is 10.0. The maximum atomic E-state index is 13.4. The zero-order chi connectivity index (χ0) is 11.5. The first-order chi connectivity index (χ1) is 7.65. The van der Waals surface area contributed by atoms with Gasteiger partial charge in [0.1, 0.15) is 5.82 Å². The molecular formula is C14H20FN. The van der Waals surface area contributed by atoms with E-state index in [1.165, 1.54) is 18.9 Å². The quantitative estimate of drug-likeness (QED) is 0.823. The van der Waals surface area contributed by atoms with Crippen molar-refractivity contribution in [1.29, 1.82) is 0 Å². The predicted molar refractivity (Wildman–Crippen MR) is 64.9 cm³/mol. The Hall–Kier alpha value is -0.890. The van der Waals surface area contributed by atoms with E-state index in [2.05, 4.69) is 19.2 Å². The normalized spacial score (nSPS) is 26.2. The van der Waals surface area contributed by atoms with E-state index in [1.807, 2.05) is 12.1 Å². The van der Waals surface area contributed by atoms with Gasteiger partial charge in [0, 0.05) is 12.1 Å². The minimum absolute atomic E-state index is 0.0851. The third-order valence-electron chi connectivity index (χ3n) is 3.38. The summed E-state index contributed by atoms with van der Waals surface area (Å²) in [6.07, 6.45) is 3.31. The van der Waals surface area contributed by atoms with E-state index >= 15 is 0 Å². The fraction of sp³-hybridized carbons (Fsp3) is 0.571. The van der Waals surface area contributed by atoms with Gasteiger partial charge in [0.25, 0.3) is 0 Å². The van der Waals surface area contributed by atoms with Crippen LogP contribution in [0.1, 0.15) is 32.3 Å². The van der Waals surface area contributed by atoms with Crippen molar-refractivity contribution in [2.24, 2.45) is 5.92 Å². The summed E-state index contributed by atoms with van der Waals surface area (Å²) in [6.45, 7) is 4.41. The molecule has 2 heteroatoms. The highest BCUT2D eigenvalue weighted by atomic mass is 19.1. The minimum atomic E-state index is -0.0851. The lowest BCUT2D eigenvalue weighted by Crippen LogP contribution is -2.45. The third-order valence-corrected chi connectivity index (χ3v) is 3.38. The van der Waals surface area contributed by atoms with Crippen molar-refractivity contribution in [3.63, 3.8) is 0 Å². The Kier molecular flexibility index (Phi) is 3.59. The highest BCUT2D eigenvalue weighted by molar-refractivity contribution is 5.18. The summed E-state index contributed by atoms with van der Waals surface area (Å²) >= 11 is 0. The van der Waals surface area contributed by atoms with Crippen LogP contribution in [-0.4, -0.2) is 12.1 Å². The molecule has 88 valence electrons. The first-order valence-electron chi connectivity index (χ1n) is 6.14. The zero-order valence-corrected chi connectivity index (χ0v) is 10.0. The number of nitrogens with one attached hydrogen (secondary N) is 1. The molecule has 1 aliphatic carbocycles. The van der Waals surface area contributed by atoms with Gasteiger partial charge in [-0.1, -0.05) is 25.1 Å². The molecule has 0 bridgehead atoms. The molecule has 0 radical (unpaired) electrons. The summed E-state index contributed by atoms with van der Waals surface area (Å²) in [4.78, 5) is 0. The molecule has 16 heavy (non-hydrogen) atoms. The molecule has 0 aromatic heterocycles. The first-order valence-corrected chi connectivity index (χ1v) is 6.14. The van der Waals surface area contributed by atoms with E-state index in [-0.39, 0.29) is 5.82 Å². The van der Waals surface area contributed by atoms with E-state index in [1.54, 1.807) is 6.07 Å². The maximum absolute atomic E-state index is 13.4. The SMILES string of the molecule is CC1CC(NC(C)Cc2ccccc2F)C1. The van der Waals surface area contributed by atoms with Crippen molar-refractivity contribution in [2.45, 2.75) is 45.2 Å². The van der Waals surface area contributed by atoms with Crippen LogP contribution >= 0.6 is 0 Å². The second-order valence-corrected chi connectivity index (χ2v) is 5.14. The van der Waals surface area contributed by atoms with E-state index in [9.17, 15) is 4.39 Å². The summed E-state index contributed by atoms with van der Waals surface area (Å²) in [7, 11) is 0. The second-order valence-electron chi connectivity index (χ2n) is 5.14. The lowest BCUT2D eigenvalue weighted by molar-refractivity contribution is 0.225. The molecule has 1 saturated carbocycles. The molecular weight excluding hydrogens is 201 g/mol. The van der Waals surface area contributed by atoms with Crippen molar-refractivity contribution >= 4 is 0 Å². The second kappa shape index (κ2) is 4.96. The monoisotopic (exact) mass is 221 g/mol. The van der Waals surface area contributed by atoms with Gasteiger partial charge in [-0.05, 0) is 43.7 Å². The van der Waals surface area contributed by atoms with Gasteiger partial charge in [-0.3, -0.25) is 0 Å². The van der Waals surface area contributed by atoms with Crippen molar-refractivity contribution in [1.82, 2.24) is 5.32 Å². The van der Waals surface area contributed by atoms with Gasteiger partial charge in [0.05, 0.1) is 0 Å². The molecule has 0 heterocycles. The number of hydrogen-bond donors (Lipinski definition) is 1. The molecule has 1 aromatic carbocycles.